The van der Waals surface area contributed by atoms with Crippen molar-refractivity contribution in [2.24, 2.45) is 0 Å². The van der Waals surface area contributed by atoms with Crippen LogP contribution in [0.15, 0.2) is 12.2 Å². The van der Waals surface area contributed by atoms with Crippen molar-refractivity contribution in [3.63, 3.8) is 0 Å². The van der Waals surface area contributed by atoms with Gasteiger partial charge in [0.1, 0.15) is 0 Å². The van der Waals surface area contributed by atoms with Crippen LogP contribution in [0.5, 0.6) is 0 Å². The van der Waals surface area contributed by atoms with Crippen LogP contribution in [0, 0.1) is 0 Å². The van der Waals surface area contributed by atoms with Crippen LogP contribution in [0.1, 0.15) is 51.9 Å². The van der Waals surface area contributed by atoms with Crippen LogP contribution in [-0.2, 0) is 0 Å². The van der Waals surface area contributed by atoms with Crippen molar-refractivity contribution in [1.82, 2.24) is 0 Å². The molecule has 0 amide bonds. The number of hydrogen-bond donors (Lipinski definition) is 0. The Hall–Kier alpha value is -0.195. The fourth-order valence-corrected chi connectivity index (χ4v) is 3.84. The third kappa shape index (κ3) is 1.66. The summed E-state index contributed by atoms with van der Waals surface area (Å²) in [7, 11) is 0. The van der Waals surface area contributed by atoms with Crippen LogP contribution in [0.3, 0.4) is 0 Å². The topological polar surface area (TPSA) is 0 Å². The highest BCUT2D eigenvalue weighted by Gasteiger charge is 2.43. The Balaban J connectivity index is 2.15. The molecule has 0 N–H and O–H groups in total. The summed E-state index contributed by atoms with van der Waals surface area (Å²) in [5, 5.41) is 0.564. The molecule has 1 aliphatic carbocycles. The van der Waals surface area contributed by atoms with Gasteiger partial charge in [-0.25, -0.2) is 0 Å². The molecule has 1 aliphatic heterocycles. The van der Waals surface area contributed by atoms with E-state index in [-0.39, 0.29) is 0 Å². The zero-order valence-electron chi connectivity index (χ0n) is 9.65. The normalized spacial score (nSPS) is 26.5. The van der Waals surface area contributed by atoms with Crippen molar-refractivity contribution in [2.75, 3.05) is 0 Å². The average molecular weight is 190 g/mol. The van der Waals surface area contributed by atoms with Gasteiger partial charge in [0.2, 0.25) is 0 Å². The highest BCUT2D eigenvalue weighted by atomic mass is 14.3. The van der Waals surface area contributed by atoms with Crippen molar-refractivity contribution in [3.05, 3.63) is 12.2 Å². The molecular weight excluding hydrogens is 167 g/mol. The molecular formula is C13H23B. The summed E-state index contributed by atoms with van der Waals surface area (Å²) in [6.45, 7) is 7.56. The van der Waals surface area contributed by atoms with Crippen LogP contribution in [0.2, 0.25) is 18.0 Å². The zero-order chi connectivity index (χ0) is 10.0. The molecule has 1 saturated heterocycles. The maximum absolute atomic E-state index is 4.30. The maximum atomic E-state index is 4.30. The van der Waals surface area contributed by atoms with Crippen LogP contribution in [-0.4, -0.2) is 6.71 Å². The molecule has 2 fully saturated rings. The fraction of sp³-hybridized carbons (Fsp3) is 0.846. The molecule has 0 spiro atoms. The Labute approximate surface area is 89.2 Å². The van der Waals surface area contributed by atoms with Gasteiger partial charge in [0.05, 0.1) is 0 Å². The van der Waals surface area contributed by atoms with E-state index in [9.17, 15) is 0 Å². The van der Waals surface area contributed by atoms with Crippen LogP contribution >= 0.6 is 0 Å². The Kier molecular flexibility index (Phi) is 3.04. The highest BCUT2D eigenvalue weighted by molar-refractivity contribution is 6.64. The lowest BCUT2D eigenvalue weighted by Gasteiger charge is -2.42. The van der Waals surface area contributed by atoms with Gasteiger partial charge >= 0.3 is 0 Å². The van der Waals surface area contributed by atoms with E-state index >= 15 is 0 Å². The first kappa shape index (κ1) is 10.3. The Morgan fingerprint density at radius 3 is 2.07 bits per heavy atom. The lowest BCUT2D eigenvalue weighted by atomic mass is 9.28. The number of allylic oxidation sites excluding steroid dienone is 1. The SMILES string of the molecule is C=C(C)C1(B2CCCC2)CCCCC1. The van der Waals surface area contributed by atoms with E-state index in [4.69, 9.17) is 0 Å². The van der Waals surface area contributed by atoms with E-state index in [1.807, 2.05) is 0 Å². The molecule has 2 rings (SSSR count). The first-order valence-corrected chi connectivity index (χ1v) is 6.42. The molecule has 0 aromatic carbocycles. The van der Waals surface area contributed by atoms with Crippen LogP contribution in [0.4, 0.5) is 0 Å². The molecule has 0 radical (unpaired) electrons. The maximum Gasteiger partial charge on any atom is 0.151 e. The monoisotopic (exact) mass is 190 g/mol. The van der Waals surface area contributed by atoms with Gasteiger partial charge in [-0.05, 0) is 12.2 Å². The summed E-state index contributed by atoms with van der Waals surface area (Å²) in [5.41, 5.74) is 1.49. The van der Waals surface area contributed by atoms with E-state index in [0.29, 0.717) is 5.31 Å². The minimum atomic E-state index is 0.564. The summed E-state index contributed by atoms with van der Waals surface area (Å²) >= 11 is 0. The molecule has 0 atom stereocenters. The summed E-state index contributed by atoms with van der Waals surface area (Å²) in [6.07, 6.45) is 13.1. The van der Waals surface area contributed by atoms with Crippen molar-refractivity contribution < 1.29 is 0 Å². The van der Waals surface area contributed by atoms with E-state index in [0.717, 1.165) is 6.71 Å². The predicted octanol–water partition coefficient (Wildman–Crippen LogP) is 4.56. The van der Waals surface area contributed by atoms with Gasteiger partial charge < -0.3 is 0 Å². The molecule has 0 unspecified atom stereocenters. The van der Waals surface area contributed by atoms with Crippen LogP contribution in [0.25, 0.3) is 0 Å². The Bertz CT molecular complexity index is 207. The molecule has 1 heteroatoms. The molecule has 14 heavy (non-hydrogen) atoms. The van der Waals surface area contributed by atoms with Gasteiger partial charge in [-0.1, -0.05) is 63.2 Å². The zero-order valence-corrected chi connectivity index (χ0v) is 9.65. The second-order valence-electron chi connectivity index (χ2n) is 5.48. The lowest BCUT2D eigenvalue weighted by molar-refractivity contribution is 0.411. The Morgan fingerprint density at radius 2 is 1.57 bits per heavy atom. The van der Waals surface area contributed by atoms with E-state index in [1.165, 1.54) is 63.2 Å². The molecule has 0 nitrogen and oxygen atoms in total. The van der Waals surface area contributed by atoms with Gasteiger partial charge in [-0.3, -0.25) is 0 Å². The van der Waals surface area contributed by atoms with Crippen molar-refractivity contribution in [3.8, 4) is 0 Å². The minimum absolute atomic E-state index is 0.564. The molecule has 78 valence electrons. The van der Waals surface area contributed by atoms with Crippen molar-refractivity contribution in [2.45, 2.75) is 69.8 Å². The summed E-state index contributed by atoms with van der Waals surface area (Å²) in [4.78, 5) is 0. The van der Waals surface area contributed by atoms with Gasteiger partial charge in [0.15, 0.2) is 6.71 Å². The van der Waals surface area contributed by atoms with Crippen molar-refractivity contribution in [1.29, 1.82) is 0 Å². The minimum Gasteiger partial charge on any atom is -0.100 e. The van der Waals surface area contributed by atoms with E-state index in [2.05, 4.69) is 13.5 Å². The summed E-state index contributed by atoms with van der Waals surface area (Å²) in [5.74, 6) is 0. The highest BCUT2D eigenvalue weighted by Crippen LogP contribution is 2.54. The predicted molar refractivity (Wildman–Crippen MR) is 65.2 cm³/mol. The first-order valence-electron chi connectivity index (χ1n) is 6.42. The van der Waals surface area contributed by atoms with Gasteiger partial charge in [0, 0.05) is 0 Å². The quantitative estimate of drug-likeness (QED) is 0.442. The molecule has 0 aromatic heterocycles. The summed E-state index contributed by atoms with van der Waals surface area (Å²) < 4.78 is 0. The number of rotatable bonds is 2. The smallest absolute Gasteiger partial charge is 0.100 e. The van der Waals surface area contributed by atoms with Crippen molar-refractivity contribution >= 4 is 6.71 Å². The average Bonchev–Trinajstić information content (AvgIpc) is 2.72. The van der Waals surface area contributed by atoms with Gasteiger partial charge in [0.25, 0.3) is 0 Å². The lowest BCUT2D eigenvalue weighted by Crippen LogP contribution is -2.33. The second kappa shape index (κ2) is 4.12. The van der Waals surface area contributed by atoms with Gasteiger partial charge in [-0.2, -0.15) is 0 Å². The van der Waals surface area contributed by atoms with Gasteiger partial charge in [-0.15, -0.1) is 6.58 Å². The summed E-state index contributed by atoms with van der Waals surface area (Å²) in [6, 6.07) is 0. The first-order chi connectivity index (χ1) is 6.76. The standard InChI is InChI=1S/C13H23B/c1-12(2)13(8-4-3-5-9-13)14-10-6-7-11-14/h1,3-11H2,2H3. The molecule has 0 bridgehead atoms. The largest absolute Gasteiger partial charge is 0.151 e. The van der Waals surface area contributed by atoms with Crippen LogP contribution < -0.4 is 0 Å². The Morgan fingerprint density at radius 1 is 1.00 bits per heavy atom. The molecule has 0 aromatic rings. The number of hydrogen-bond acceptors (Lipinski definition) is 0. The molecule has 1 saturated carbocycles. The third-order valence-electron chi connectivity index (χ3n) is 4.73. The fourth-order valence-electron chi connectivity index (χ4n) is 3.84. The molecule has 1 heterocycles. The molecule has 2 aliphatic rings. The van der Waals surface area contributed by atoms with E-state index in [1.54, 1.807) is 0 Å². The second-order valence-corrected chi connectivity index (χ2v) is 5.48. The van der Waals surface area contributed by atoms with E-state index < -0.39 is 0 Å². The third-order valence-corrected chi connectivity index (χ3v) is 4.73.